The van der Waals surface area contributed by atoms with Crippen molar-refractivity contribution in [2.45, 2.75) is 25.7 Å². The number of aromatic nitrogens is 2. The molecule has 0 fully saturated rings. The minimum atomic E-state index is -1.12. The van der Waals surface area contributed by atoms with Gasteiger partial charge < -0.3 is 24.3 Å². The van der Waals surface area contributed by atoms with E-state index in [-0.39, 0.29) is 18.2 Å². The van der Waals surface area contributed by atoms with Gasteiger partial charge in [0, 0.05) is 34.2 Å². The van der Waals surface area contributed by atoms with Crippen molar-refractivity contribution >= 4 is 33.7 Å². The third kappa shape index (κ3) is 2.46. The highest BCUT2D eigenvalue weighted by atomic mass is 16.6. The highest BCUT2D eigenvalue weighted by Crippen LogP contribution is 2.46. The van der Waals surface area contributed by atoms with Crippen LogP contribution in [0.4, 0.5) is 0 Å². The number of rotatable bonds is 2. The predicted octanol–water partition coefficient (Wildman–Crippen LogP) is 2.64. The Bertz CT molecular complexity index is 1240. The second-order valence-electron chi connectivity index (χ2n) is 7.76. The molecule has 154 valence electrons. The van der Waals surface area contributed by atoms with Crippen molar-refractivity contribution in [1.29, 1.82) is 0 Å². The molecule has 4 heterocycles. The lowest BCUT2D eigenvalue weighted by molar-refractivity contribution is -0.147. The van der Waals surface area contributed by atoms with Crippen LogP contribution in [0.1, 0.15) is 29.1 Å². The molecule has 2 aromatic heterocycles. The van der Waals surface area contributed by atoms with Crippen LogP contribution in [0.2, 0.25) is 0 Å². The van der Waals surface area contributed by atoms with Gasteiger partial charge in [-0.2, -0.15) is 0 Å². The molecular formula is C22H20N2O6. The molecule has 0 amide bonds. The fourth-order valence-corrected chi connectivity index (χ4v) is 5.02. The zero-order valence-electron chi connectivity index (χ0n) is 16.4. The Balaban J connectivity index is 1.85. The van der Waals surface area contributed by atoms with Gasteiger partial charge in [-0.15, -0.1) is 0 Å². The number of pyridine rings is 1. The Hall–Kier alpha value is -3.39. The monoisotopic (exact) mass is 408 g/mol. The number of ether oxygens (including phenoxy) is 2. The summed E-state index contributed by atoms with van der Waals surface area (Å²) in [5.74, 6) is -2.54. The van der Waals surface area contributed by atoms with Crippen LogP contribution in [0.15, 0.2) is 42.2 Å². The topological polar surface area (TPSA) is 111 Å². The SMILES string of the molecule is COC(=O)C1=CO[C@H](O)[C@H]2[C@@H]1Cc1nc(C(=O)O)cc3c4ccccc4n(c13)[C@@H]2C. The summed E-state index contributed by atoms with van der Waals surface area (Å²) in [6.07, 6.45) is 0.411. The van der Waals surface area contributed by atoms with Crippen LogP contribution in [0.5, 0.6) is 0 Å². The first-order chi connectivity index (χ1) is 14.4. The number of para-hydroxylation sites is 1. The normalized spacial score (nSPS) is 25.2. The standard InChI is InChI=1S/C22H20N2O6/c1-10-18-12(14(21(27)29-2)9-30-22(18)28)7-15-19-13(8-16(23-15)20(25)26)11-5-3-4-6-17(11)24(10)19/h3-6,8-10,12,18,22,28H,7H2,1-2H3,(H,25,26)/t10-,12-,18-,22+/m1/s1. The van der Waals surface area contributed by atoms with E-state index in [4.69, 9.17) is 9.47 Å². The van der Waals surface area contributed by atoms with Crippen molar-refractivity contribution in [1.82, 2.24) is 9.55 Å². The first kappa shape index (κ1) is 18.6. The Labute approximate surface area is 171 Å². The molecule has 0 unspecified atom stereocenters. The number of carbonyl (C=O) groups excluding carboxylic acids is 1. The second-order valence-corrected chi connectivity index (χ2v) is 7.76. The summed E-state index contributed by atoms with van der Waals surface area (Å²) in [6, 6.07) is 9.07. The third-order valence-electron chi connectivity index (χ3n) is 6.31. The molecule has 8 nitrogen and oxygen atoms in total. The highest BCUT2D eigenvalue weighted by molar-refractivity contribution is 6.10. The van der Waals surface area contributed by atoms with Crippen LogP contribution >= 0.6 is 0 Å². The van der Waals surface area contributed by atoms with Gasteiger partial charge in [-0.25, -0.2) is 14.6 Å². The van der Waals surface area contributed by atoms with Gasteiger partial charge in [0.1, 0.15) is 5.69 Å². The van der Waals surface area contributed by atoms with Crippen molar-refractivity contribution in [2.24, 2.45) is 11.8 Å². The molecule has 0 saturated carbocycles. The van der Waals surface area contributed by atoms with Gasteiger partial charge in [0.05, 0.1) is 30.2 Å². The van der Waals surface area contributed by atoms with Crippen molar-refractivity contribution in [3.05, 3.63) is 53.6 Å². The van der Waals surface area contributed by atoms with Crippen LogP contribution in [0, 0.1) is 11.8 Å². The molecule has 5 rings (SSSR count). The lowest BCUT2D eigenvalue weighted by Crippen LogP contribution is -2.40. The zero-order valence-corrected chi connectivity index (χ0v) is 16.4. The number of benzene rings is 1. The first-order valence-electron chi connectivity index (χ1n) is 9.70. The number of nitrogens with zero attached hydrogens (tertiary/aromatic N) is 2. The fourth-order valence-electron chi connectivity index (χ4n) is 5.02. The van der Waals surface area contributed by atoms with E-state index < -0.39 is 30.1 Å². The van der Waals surface area contributed by atoms with Crippen LogP contribution in [-0.4, -0.2) is 45.1 Å². The Morgan fingerprint density at radius 3 is 2.77 bits per heavy atom. The molecule has 4 atom stereocenters. The Morgan fingerprint density at radius 2 is 2.03 bits per heavy atom. The number of aliphatic hydroxyl groups excluding tert-OH is 1. The van der Waals surface area contributed by atoms with E-state index in [1.165, 1.54) is 13.4 Å². The van der Waals surface area contributed by atoms with E-state index in [0.717, 1.165) is 21.8 Å². The number of esters is 1. The van der Waals surface area contributed by atoms with Crippen molar-refractivity contribution < 1.29 is 29.3 Å². The summed E-state index contributed by atoms with van der Waals surface area (Å²) in [6.45, 7) is 1.97. The van der Waals surface area contributed by atoms with Crippen molar-refractivity contribution in [2.75, 3.05) is 7.11 Å². The molecule has 2 N–H and O–H groups in total. The second kappa shape index (κ2) is 6.56. The van der Waals surface area contributed by atoms with Crippen LogP contribution in [-0.2, 0) is 20.7 Å². The summed E-state index contributed by atoms with van der Waals surface area (Å²) in [4.78, 5) is 28.6. The number of aliphatic hydroxyl groups is 1. The molecule has 1 aromatic carbocycles. The van der Waals surface area contributed by atoms with Gasteiger partial charge in [-0.1, -0.05) is 18.2 Å². The van der Waals surface area contributed by atoms with Crippen molar-refractivity contribution in [3.63, 3.8) is 0 Å². The molecule has 0 aliphatic carbocycles. The highest BCUT2D eigenvalue weighted by Gasteiger charge is 2.45. The molecule has 30 heavy (non-hydrogen) atoms. The summed E-state index contributed by atoms with van der Waals surface area (Å²) in [5.41, 5.74) is 2.56. The lowest BCUT2D eigenvalue weighted by Gasteiger charge is -2.37. The maximum absolute atomic E-state index is 12.4. The molecule has 0 spiro atoms. The summed E-state index contributed by atoms with van der Waals surface area (Å²) >= 11 is 0. The predicted molar refractivity (Wildman–Crippen MR) is 107 cm³/mol. The van der Waals surface area contributed by atoms with E-state index in [0.29, 0.717) is 11.3 Å². The average molecular weight is 408 g/mol. The van der Waals surface area contributed by atoms with Gasteiger partial charge in [0.15, 0.2) is 0 Å². The largest absolute Gasteiger partial charge is 0.477 e. The number of hydrogen-bond acceptors (Lipinski definition) is 6. The molecule has 3 aromatic rings. The quantitative estimate of drug-likeness (QED) is 0.627. The molecule has 2 aliphatic rings. The number of methoxy groups -OCH3 is 1. The minimum Gasteiger partial charge on any atom is -0.477 e. The minimum absolute atomic E-state index is 0.0530. The number of carboxylic acids is 1. The lowest BCUT2D eigenvalue weighted by atomic mass is 9.77. The van der Waals surface area contributed by atoms with E-state index in [2.05, 4.69) is 9.55 Å². The van der Waals surface area contributed by atoms with E-state index in [1.807, 2.05) is 31.2 Å². The summed E-state index contributed by atoms with van der Waals surface area (Å²) < 4.78 is 12.4. The van der Waals surface area contributed by atoms with Gasteiger partial charge in [-0.3, -0.25) is 0 Å². The molecular weight excluding hydrogens is 388 g/mol. The number of hydrogen-bond donors (Lipinski definition) is 2. The van der Waals surface area contributed by atoms with Crippen LogP contribution < -0.4 is 0 Å². The molecule has 2 aliphatic heterocycles. The van der Waals surface area contributed by atoms with Gasteiger partial charge in [0.25, 0.3) is 0 Å². The Kier molecular flexibility index (Phi) is 4.08. The number of aromatic carboxylic acids is 1. The first-order valence-corrected chi connectivity index (χ1v) is 9.70. The number of carbonyl (C=O) groups is 2. The van der Waals surface area contributed by atoms with Crippen LogP contribution in [0.3, 0.4) is 0 Å². The zero-order chi connectivity index (χ0) is 21.2. The van der Waals surface area contributed by atoms with Gasteiger partial charge in [-0.05, 0) is 25.5 Å². The average Bonchev–Trinajstić information content (AvgIpc) is 3.00. The van der Waals surface area contributed by atoms with Crippen LogP contribution in [0.25, 0.3) is 21.8 Å². The maximum Gasteiger partial charge on any atom is 0.354 e. The molecule has 0 bridgehead atoms. The fraction of sp³-hybridized carbons (Fsp3) is 0.318. The number of carboxylic acid groups (broad SMARTS) is 1. The Morgan fingerprint density at radius 1 is 1.27 bits per heavy atom. The van der Waals surface area contributed by atoms with E-state index >= 15 is 0 Å². The van der Waals surface area contributed by atoms with Gasteiger partial charge in [0.2, 0.25) is 6.29 Å². The smallest absolute Gasteiger partial charge is 0.354 e. The van der Waals surface area contributed by atoms with Crippen molar-refractivity contribution in [3.8, 4) is 0 Å². The van der Waals surface area contributed by atoms with E-state index in [1.54, 1.807) is 6.07 Å². The third-order valence-corrected chi connectivity index (χ3v) is 6.31. The number of fused-ring (bicyclic) bond motifs is 4. The maximum atomic E-state index is 12.4. The van der Waals surface area contributed by atoms with Gasteiger partial charge >= 0.3 is 11.9 Å². The molecule has 0 radical (unpaired) electrons. The van der Waals surface area contributed by atoms with E-state index in [9.17, 15) is 19.8 Å². The molecule has 0 saturated heterocycles. The molecule has 8 heteroatoms. The summed E-state index contributed by atoms with van der Waals surface area (Å²) in [7, 11) is 1.29. The summed E-state index contributed by atoms with van der Waals surface area (Å²) in [5, 5.41) is 22.0.